The van der Waals surface area contributed by atoms with Crippen LogP contribution in [0.5, 0.6) is 0 Å². The van der Waals surface area contributed by atoms with Gasteiger partial charge in [0.05, 0.1) is 10.0 Å². The summed E-state index contributed by atoms with van der Waals surface area (Å²) in [6.07, 6.45) is 0. The van der Waals surface area contributed by atoms with Crippen LogP contribution < -0.4 is 11.1 Å². The van der Waals surface area contributed by atoms with E-state index in [1.54, 1.807) is 18.2 Å². The fraction of sp³-hybridized carbons (Fsp3) is 0.357. The molecule has 0 bridgehead atoms. The molecule has 0 radical (unpaired) electrons. The lowest BCUT2D eigenvalue weighted by molar-refractivity contribution is 0.0944. The lowest BCUT2D eigenvalue weighted by atomic mass is 10.2. The highest BCUT2D eigenvalue weighted by molar-refractivity contribution is 6.37. The van der Waals surface area contributed by atoms with E-state index in [0.29, 0.717) is 34.6 Å². The van der Waals surface area contributed by atoms with Crippen molar-refractivity contribution in [3.05, 3.63) is 39.9 Å². The number of rotatable bonds is 5. The number of carbonyl (C=O) groups excluding carboxylic acids is 1. The van der Waals surface area contributed by atoms with E-state index in [1.165, 1.54) is 4.68 Å². The molecule has 0 atom stereocenters. The van der Waals surface area contributed by atoms with Gasteiger partial charge in [-0.15, -0.1) is 17.5 Å². The van der Waals surface area contributed by atoms with Gasteiger partial charge in [-0.3, -0.25) is 4.79 Å². The molecule has 0 saturated heterocycles. The Labute approximate surface area is 150 Å². The van der Waals surface area contributed by atoms with Crippen LogP contribution in [0.25, 0.3) is 5.69 Å². The van der Waals surface area contributed by atoms with Crippen LogP contribution in [0.1, 0.15) is 36.2 Å². The first-order valence-electron chi connectivity index (χ1n) is 6.85. The maximum absolute atomic E-state index is 12.0. The summed E-state index contributed by atoms with van der Waals surface area (Å²) in [5.41, 5.74) is 5.89. The van der Waals surface area contributed by atoms with E-state index in [9.17, 15) is 4.79 Å². The second-order valence-corrected chi connectivity index (χ2v) is 5.79. The summed E-state index contributed by atoms with van der Waals surface area (Å²) in [7, 11) is 0. The Hall–Kier alpha value is -1.34. The molecule has 23 heavy (non-hydrogen) atoms. The van der Waals surface area contributed by atoms with Gasteiger partial charge in [0, 0.05) is 19.0 Å². The van der Waals surface area contributed by atoms with Gasteiger partial charge in [0.1, 0.15) is 11.5 Å². The standard InChI is InChI=1S/C14H17Cl2N5O.ClH/c1-8(2)13-19-12(14(22)18-7-6-17)20-21(13)11-9(15)4-3-5-10(11)16;/h3-5,8H,6-7,17H2,1-2H3,(H,18,22);1H. The molecule has 2 aromatic rings. The van der Waals surface area contributed by atoms with E-state index in [0.717, 1.165) is 0 Å². The lowest BCUT2D eigenvalue weighted by Crippen LogP contribution is -2.29. The molecule has 0 spiro atoms. The first-order valence-corrected chi connectivity index (χ1v) is 7.61. The molecule has 0 aliphatic carbocycles. The van der Waals surface area contributed by atoms with Crippen LogP contribution in [0.2, 0.25) is 10.0 Å². The summed E-state index contributed by atoms with van der Waals surface area (Å²) in [6.45, 7) is 4.61. The highest BCUT2D eigenvalue weighted by atomic mass is 35.5. The maximum Gasteiger partial charge on any atom is 0.291 e. The number of halogens is 3. The summed E-state index contributed by atoms with van der Waals surface area (Å²) < 4.78 is 1.52. The van der Waals surface area contributed by atoms with Crippen molar-refractivity contribution in [1.82, 2.24) is 20.1 Å². The highest BCUT2D eigenvalue weighted by Gasteiger charge is 2.21. The number of nitrogens with zero attached hydrogens (tertiary/aromatic N) is 3. The smallest absolute Gasteiger partial charge is 0.291 e. The first-order chi connectivity index (χ1) is 10.5. The van der Waals surface area contributed by atoms with Gasteiger partial charge < -0.3 is 11.1 Å². The van der Waals surface area contributed by atoms with Crippen LogP contribution in [-0.4, -0.2) is 33.8 Å². The lowest BCUT2D eigenvalue weighted by Gasteiger charge is -2.11. The van der Waals surface area contributed by atoms with Crippen LogP contribution in [0.15, 0.2) is 18.2 Å². The Morgan fingerprint density at radius 1 is 1.35 bits per heavy atom. The average Bonchev–Trinajstić information content (AvgIpc) is 2.89. The Morgan fingerprint density at radius 3 is 2.48 bits per heavy atom. The Balaban J connectivity index is 0.00000264. The van der Waals surface area contributed by atoms with E-state index in [2.05, 4.69) is 15.4 Å². The van der Waals surface area contributed by atoms with Crippen molar-refractivity contribution in [1.29, 1.82) is 0 Å². The van der Waals surface area contributed by atoms with Crippen LogP contribution >= 0.6 is 35.6 Å². The monoisotopic (exact) mass is 377 g/mol. The number of benzene rings is 1. The summed E-state index contributed by atoms with van der Waals surface area (Å²) in [6, 6.07) is 5.17. The zero-order valence-electron chi connectivity index (χ0n) is 12.7. The van der Waals surface area contributed by atoms with Crippen molar-refractivity contribution in [3.63, 3.8) is 0 Å². The minimum Gasteiger partial charge on any atom is -0.348 e. The number of para-hydroxylation sites is 1. The number of nitrogens with one attached hydrogen (secondary N) is 1. The van der Waals surface area contributed by atoms with Crippen molar-refractivity contribution in [2.75, 3.05) is 13.1 Å². The fourth-order valence-corrected chi connectivity index (χ4v) is 2.47. The van der Waals surface area contributed by atoms with Crippen LogP contribution in [0, 0.1) is 0 Å². The number of amides is 1. The molecule has 0 aliphatic rings. The van der Waals surface area contributed by atoms with E-state index >= 15 is 0 Å². The van der Waals surface area contributed by atoms with Gasteiger partial charge in [-0.25, -0.2) is 9.67 Å². The van der Waals surface area contributed by atoms with E-state index in [1.807, 2.05) is 13.8 Å². The van der Waals surface area contributed by atoms with Gasteiger partial charge in [-0.2, -0.15) is 0 Å². The third kappa shape index (κ3) is 4.35. The molecule has 3 N–H and O–H groups in total. The molecule has 0 unspecified atom stereocenters. The maximum atomic E-state index is 12.0. The quantitative estimate of drug-likeness (QED) is 0.837. The number of carbonyl (C=O) groups is 1. The van der Waals surface area contributed by atoms with Gasteiger partial charge in [0.15, 0.2) is 0 Å². The van der Waals surface area contributed by atoms with Crippen molar-refractivity contribution in [2.24, 2.45) is 5.73 Å². The molecule has 1 heterocycles. The Bertz CT molecular complexity index is 667. The second kappa shape index (κ2) is 8.49. The third-order valence-electron chi connectivity index (χ3n) is 2.93. The predicted octanol–water partition coefficient (Wildman–Crippen LogP) is 2.81. The summed E-state index contributed by atoms with van der Waals surface area (Å²) in [5.74, 6) is 0.325. The molecule has 9 heteroatoms. The second-order valence-electron chi connectivity index (χ2n) is 4.97. The van der Waals surface area contributed by atoms with E-state index < -0.39 is 0 Å². The minimum absolute atomic E-state index is 0. The number of aromatic nitrogens is 3. The summed E-state index contributed by atoms with van der Waals surface area (Å²) in [4.78, 5) is 16.3. The van der Waals surface area contributed by atoms with Gasteiger partial charge >= 0.3 is 0 Å². The average molecular weight is 379 g/mol. The molecule has 126 valence electrons. The zero-order chi connectivity index (χ0) is 16.3. The molecular weight excluding hydrogens is 361 g/mol. The van der Waals surface area contributed by atoms with E-state index in [4.69, 9.17) is 28.9 Å². The van der Waals surface area contributed by atoms with Gasteiger partial charge in [-0.1, -0.05) is 43.1 Å². The van der Waals surface area contributed by atoms with Crippen LogP contribution in [-0.2, 0) is 0 Å². The number of nitrogens with two attached hydrogens (primary N) is 1. The largest absolute Gasteiger partial charge is 0.348 e. The Morgan fingerprint density at radius 2 is 1.96 bits per heavy atom. The molecule has 1 aromatic heterocycles. The molecule has 0 fully saturated rings. The molecule has 1 aromatic carbocycles. The first kappa shape index (κ1) is 19.7. The fourth-order valence-electron chi connectivity index (χ4n) is 1.91. The Kier molecular flexibility index (Phi) is 7.28. The summed E-state index contributed by atoms with van der Waals surface area (Å²) >= 11 is 12.4. The minimum atomic E-state index is -0.380. The topological polar surface area (TPSA) is 85.8 Å². The zero-order valence-corrected chi connectivity index (χ0v) is 15.0. The molecule has 0 aliphatic heterocycles. The number of hydrogen-bond donors (Lipinski definition) is 2. The van der Waals surface area contributed by atoms with Gasteiger partial charge in [0.2, 0.25) is 5.82 Å². The molecule has 6 nitrogen and oxygen atoms in total. The van der Waals surface area contributed by atoms with E-state index in [-0.39, 0.29) is 30.1 Å². The number of hydrogen-bond acceptors (Lipinski definition) is 4. The third-order valence-corrected chi connectivity index (χ3v) is 3.54. The normalized spacial score (nSPS) is 10.5. The SMILES string of the molecule is CC(C)c1nc(C(=O)NCCN)nn1-c1c(Cl)cccc1Cl.Cl. The van der Waals surface area contributed by atoms with Gasteiger partial charge in [0.25, 0.3) is 5.91 Å². The predicted molar refractivity (Wildman–Crippen MR) is 94.1 cm³/mol. The molecular formula is C14H18Cl3N5O. The highest BCUT2D eigenvalue weighted by Crippen LogP contribution is 2.30. The van der Waals surface area contributed by atoms with Crippen LogP contribution in [0.4, 0.5) is 0 Å². The van der Waals surface area contributed by atoms with Crippen LogP contribution in [0.3, 0.4) is 0 Å². The molecule has 0 saturated carbocycles. The van der Waals surface area contributed by atoms with Gasteiger partial charge in [-0.05, 0) is 12.1 Å². The van der Waals surface area contributed by atoms with Crippen molar-refractivity contribution >= 4 is 41.5 Å². The van der Waals surface area contributed by atoms with Crippen molar-refractivity contribution < 1.29 is 4.79 Å². The molecule has 2 rings (SSSR count). The summed E-state index contributed by atoms with van der Waals surface area (Å²) in [5, 5.41) is 7.78. The van der Waals surface area contributed by atoms with Crippen molar-refractivity contribution in [2.45, 2.75) is 19.8 Å². The molecule has 1 amide bonds. The van der Waals surface area contributed by atoms with Crippen molar-refractivity contribution in [3.8, 4) is 5.69 Å².